The summed E-state index contributed by atoms with van der Waals surface area (Å²) in [6, 6.07) is 7.34. The highest BCUT2D eigenvalue weighted by Gasteiger charge is 2.05. The van der Waals surface area contributed by atoms with Crippen molar-refractivity contribution in [2.75, 3.05) is 0 Å². The predicted molar refractivity (Wildman–Crippen MR) is 52.6 cm³/mol. The second kappa shape index (κ2) is 4.09. The number of nitro groups is 1. The van der Waals surface area contributed by atoms with Crippen molar-refractivity contribution < 1.29 is 4.92 Å². The number of hydrogen-bond acceptors (Lipinski definition) is 3. The summed E-state index contributed by atoms with van der Waals surface area (Å²) in [5.74, 6) is 0. The van der Waals surface area contributed by atoms with E-state index in [2.05, 4.69) is 12.6 Å². The van der Waals surface area contributed by atoms with E-state index >= 15 is 0 Å². The number of non-ortho nitro benzene ring substituents is 1. The standard InChI is InChI=1S/C9H8NO2S/c1-7(2)13-9-5-3-4-8(6-9)10(11)12/h3,5-6H,1H2,2H3. The maximum absolute atomic E-state index is 10.4. The van der Waals surface area contributed by atoms with Gasteiger partial charge in [-0.3, -0.25) is 10.1 Å². The van der Waals surface area contributed by atoms with E-state index in [9.17, 15) is 10.1 Å². The topological polar surface area (TPSA) is 43.1 Å². The number of rotatable bonds is 3. The van der Waals surface area contributed by atoms with Crippen LogP contribution in [0.5, 0.6) is 0 Å². The molecule has 0 heterocycles. The van der Waals surface area contributed by atoms with E-state index in [1.165, 1.54) is 17.8 Å². The van der Waals surface area contributed by atoms with Gasteiger partial charge >= 0.3 is 0 Å². The highest BCUT2D eigenvalue weighted by atomic mass is 32.2. The Bertz CT molecular complexity index is 349. The van der Waals surface area contributed by atoms with Crippen LogP contribution in [0.25, 0.3) is 0 Å². The molecule has 0 amide bonds. The Morgan fingerprint density at radius 3 is 3.00 bits per heavy atom. The summed E-state index contributed by atoms with van der Waals surface area (Å²) in [5.41, 5.74) is -0.00810. The van der Waals surface area contributed by atoms with Gasteiger partial charge in [0, 0.05) is 11.0 Å². The maximum Gasteiger partial charge on any atom is 0.278 e. The van der Waals surface area contributed by atoms with Gasteiger partial charge in [-0.2, -0.15) is 0 Å². The lowest BCUT2D eigenvalue weighted by atomic mass is 10.3. The fraction of sp³-hybridized carbons (Fsp3) is 0.111. The molecule has 0 N–H and O–H groups in total. The van der Waals surface area contributed by atoms with Gasteiger partial charge in [0.15, 0.2) is 0 Å². The van der Waals surface area contributed by atoms with Gasteiger partial charge in [0.2, 0.25) is 0 Å². The molecule has 0 aliphatic rings. The van der Waals surface area contributed by atoms with Crippen LogP contribution in [0.2, 0.25) is 0 Å². The number of allylic oxidation sites excluding steroid dienone is 1. The van der Waals surface area contributed by atoms with Gasteiger partial charge in [0.1, 0.15) is 0 Å². The van der Waals surface area contributed by atoms with Gasteiger partial charge in [0.05, 0.1) is 11.0 Å². The Labute approximate surface area is 80.6 Å². The fourth-order valence-electron chi connectivity index (χ4n) is 0.804. The molecule has 3 nitrogen and oxygen atoms in total. The summed E-state index contributed by atoms with van der Waals surface area (Å²) in [4.78, 5) is 11.6. The molecule has 0 bridgehead atoms. The summed E-state index contributed by atoms with van der Waals surface area (Å²) >= 11 is 1.41. The molecule has 0 saturated carbocycles. The first-order chi connectivity index (χ1) is 6.09. The van der Waals surface area contributed by atoms with Crippen molar-refractivity contribution in [3.05, 3.63) is 45.9 Å². The minimum Gasteiger partial charge on any atom is -0.258 e. The highest BCUT2D eigenvalue weighted by molar-refractivity contribution is 8.03. The molecule has 4 heteroatoms. The quantitative estimate of drug-likeness (QED) is 0.422. The minimum absolute atomic E-state index is 0.00810. The van der Waals surface area contributed by atoms with Crippen molar-refractivity contribution in [2.45, 2.75) is 11.8 Å². The second-order valence-corrected chi connectivity index (χ2v) is 3.84. The van der Waals surface area contributed by atoms with Crippen molar-refractivity contribution in [3.8, 4) is 0 Å². The number of nitro benzene ring substituents is 1. The molecule has 0 fully saturated rings. The molecule has 67 valence electrons. The van der Waals surface area contributed by atoms with E-state index in [1.807, 2.05) is 6.92 Å². The molecule has 0 aliphatic carbocycles. The van der Waals surface area contributed by atoms with Gasteiger partial charge in [0.25, 0.3) is 5.69 Å². The Kier molecular flexibility index (Phi) is 3.08. The van der Waals surface area contributed by atoms with Gasteiger partial charge in [-0.25, -0.2) is 0 Å². The smallest absolute Gasteiger partial charge is 0.258 e. The molecule has 0 spiro atoms. The number of benzene rings is 1. The third-order valence-electron chi connectivity index (χ3n) is 1.25. The van der Waals surface area contributed by atoms with Crippen molar-refractivity contribution in [3.63, 3.8) is 0 Å². The van der Waals surface area contributed by atoms with Gasteiger partial charge in [-0.05, 0) is 24.0 Å². The molecular weight excluding hydrogens is 186 g/mol. The molecule has 1 aromatic carbocycles. The summed E-state index contributed by atoms with van der Waals surface area (Å²) in [5, 5.41) is 10.4. The average molecular weight is 194 g/mol. The summed E-state index contributed by atoms with van der Waals surface area (Å²) in [6.07, 6.45) is 0. The third kappa shape index (κ3) is 2.91. The lowest BCUT2D eigenvalue weighted by Crippen LogP contribution is -1.87. The zero-order valence-corrected chi connectivity index (χ0v) is 7.93. The van der Waals surface area contributed by atoms with E-state index in [1.54, 1.807) is 12.1 Å². The average Bonchev–Trinajstić information content (AvgIpc) is 2.03. The van der Waals surface area contributed by atoms with Gasteiger partial charge in [-0.15, -0.1) is 0 Å². The Balaban J connectivity index is 2.91. The molecule has 1 aromatic rings. The highest BCUT2D eigenvalue weighted by Crippen LogP contribution is 2.27. The predicted octanol–water partition coefficient (Wildman–Crippen LogP) is 3.02. The zero-order valence-electron chi connectivity index (χ0n) is 7.11. The van der Waals surface area contributed by atoms with E-state index in [4.69, 9.17) is 0 Å². The van der Waals surface area contributed by atoms with Crippen LogP contribution in [0.1, 0.15) is 6.92 Å². The Hall–Kier alpha value is -1.29. The summed E-state index contributed by atoms with van der Waals surface area (Å²) in [6.45, 7) is 5.56. The van der Waals surface area contributed by atoms with Crippen molar-refractivity contribution >= 4 is 17.4 Å². The largest absolute Gasteiger partial charge is 0.278 e. The zero-order chi connectivity index (χ0) is 9.84. The van der Waals surface area contributed by atoms with E-state index in [-0.39, 0.29) is 5.69 Å². The first kappa shape index (κ1) is 9.80. The first-order valence-corrected chi connectivity index (χ1v) is 4.41. The molecule has 0 saturated heterocycles. The van der Waals surface area contributed by atoms with E-state index in [0.717, 1.165) is 9.80 Å². The molecule has 1 rings (SSSR count). The van der Waals surface area contributed by atoms with Crippen LogP contribution in [-0.2, 0) is 0 Å². The van der Waals surface area contributed by atoms with Crippen LogP contribution in [0.3, 0.4) is 0 Å². The van der Waals surface area contributed by atoms with Crippen LogP contribution in [0, 0.1) is 16.2 Å². The molecular formula is C9H8NO2S. The summed E-state index contributed by atoms with van der Waals surface area (Å²) < 4.78 is 0. The monoisotopic (exact) mass is 194 g/mol. The Morgan fingerprint density at radius 2 is 2.46 bits per heavy atom. The van der Waals surface area contributed by atoms with Crippen LogP contribution in [0.15, 0.2) is 34.6 Å². The molecule has 0 aromatic heterocycles. The second-order valence-electron chi connectivity index (χ2n) is 2.47. The fourth-order valence-corrected chi connectivity index (χ4v) is 1.51. The van der Waals surface area contributed by atoms with Crippen molar-refractivity contribution in [1.29, 1.82) is 0 Å². The molecule has 1 radical (unpaired) electrons. The van der Waals surface area contributed by atoms with E-state index in [0.29, 0.717) is 0 Å². The maximum atomic E-state index is 10.4. The minimum atomic E-state index is -0.456. The normalized spacial score (nSPS) is 9.62. The van der Waals surface area contributed by atoms with Crippen molar-refractivity contribution in [2.24, 2.45) is 0 Å². The first-order valence-electron chi connectivity index (χ1n) is 3.59. The number of nitrogens with zero attached hydrogens (tertiary/aromatic N) is 1. The third-order valence-corrected chi connectivity index (χ3v) is 2.08. The van der Waals surface area contributed by atoms with Gasteiger partial charge < -0.3 is 0 Å². The summed E-state index contributed by atoms with van der Waals surface area (Å²) in [7, 11) is 0. The SMILES string of the molecule is C=C(C)Sc1cc[c]c([N+](=O)[O-])c1. The Morgan fingerprint density at radius 1 is 1.77 bits per heavy atom. The number of thioether (sulfide) groups is 1. The lowest BCUT2D eigenvalue weighted by molar-refractivity contribution is -0.385. The lowest BCUT2D eigenvalue weighted by Gasteiger charge is -1.98. The van der Waals surface area contributed by atoms with Crippen LogP contribution < -0.4 is 0 Å². The van der Waals surface area contributed by atoms with Crippen LogP contribution in [-0.4, -0.2) is 4.92 Å². The molecule has 0 aliphatic heterocycles. The molecule has 13 heavy (non-hydrogen) atoms. The molecule has 0 atom stereocenters. The van der Waals surface area contributed by atoms with Crippen LogP contribution >= 0.6 is 11.8 Å². The van der Waals surface area contributed by atoms with E-state index < -0.39 is 4.92 Å². The van der Waals surface area contributed by atoms with Gasteiger partial charge in [-0.1, -0.05) is 18.3 Å². The molecule has 0 unspecified atom stereocenters. The van der Waals surface area contributed by atoms with Crippen molar-refractivity contribution in [1.82, 2.24) is 0 Å². The number of hydrogen-bond donors (Lipinski definition) is 0. The van der Waals surface area contributed by atoms with Crippen LogP contribution in [0.4, 0.5) is 5.69 Å².